The summed E-state index contributed by atoms with van der Waals surface area (Å²) >= 11 is 0. The maximum absolute atomic E-state index is 12.1. The number of nitrogens with zero attached hydrogens (tertiary/aromatic N) is 1. The molecule has 3 N–H and O–H groups in total. The zero-order chi connectivity index (χ0) is 17.4. The highest BCUT2D eigenvalue weighted by atomic mass is 16.5. The van der Waals surface area contributed by atoms with Gasteiger partial charge >= 0.3 is 0 Å². The Balaban J connectivity index is 1.82. The summed E-state index contributed by atoms with van der Waals surface area (Å²) in [6, 6.07) is 8.85. The minimum Gasteiger partial charge on any atom is -0.493 e. The van der Waals surface area contributed by atoms with Gasteiger partial charge in [-0.15, -0.1) is 0 Å². The van der Waals surface area contributed by atoms with Gasteiger partial charge in [0.1, 0.15) is 0 Å². The molecule has 1 aromatic heterocycles. The highest BCUT2D eigenvalue weighted by Gasteiger charge is 2.13. The van der Waals surface area contributed by atoms with Gasteiger partial charge in [0, 0.05) is 18.9 Å². The van der Waals surface area contributed by atoms with E-state index in [9.17, 15) is 4.79 Å². The molecular formula is C18H23N3O3. The van der Waals surface area contributed by atoms with Crippen LogP contribution in [0.2, 0.25) is 0 Å². The van der Waals surface area contributed by atoms with E-state index in [2.05, 4.69) is 10.3 Å². The van der Waals surface area contributed by atoms with Crippen LogP contribution in [0.5, 0.6) is 11.5 Å². The van der Waals surface area contributed by atoms with Crippen LogP contribution < -0.4 is 20.5 Å². The largest absolute Gasteiger partial charge is 0.493 e. The zero-order valence-electron chi connectivity index (χ0n) is 14.0. The number of ether oxygens (including phenoxy) is 2. The third-order valence-corrected chi connectivity index (χ3v) is 3.70. The van der Waals surface area contributed by atoms with Crippen molar-refractivity contribution in [2.24, 2.45) is 5.73 Å². The first-order chi connectivity index (χ1) is 11.6. The Bertz CT molecular complexity index is 662. The Morgan fingerprint density at radius 2 is 1.83 bits per heavy atom. The summed E-state index contributed by atoms with van der Waals surface area (Å²) in [7, 11) is 3.20. The number of carbonyl (C=O) groups is 1. The second-order valence-electron chi connectivity index (χ2n) is 5.40. The fourth-order valence-electron chi connectivity index (χ4n) is 2.36. The Hall–Kier alpha value is -2.60. The molecule has 6 heteroatoms. The standard InChI is InChI=1S/C18H23N3O3/c1-23-16-4-3-13(12-17(16)24-2)7-10-21-18(22)15(19)11-14-5-8-20-9-6-14/h3-6,8-9,12,15H,7,10-11,19H2,1-2H3,(H,21,22)/t15-/m0/s1. The highest BCUT2D eigenvalue weighted by Crippen LogP contribution is 2.27. The van der Waals surface area contributed by atoms with Crippen molar-refractivity contribution in [3.63, 3.8) is 0 Å². The van der Waals surface area contributed by atoms with Crippen LogP contribution in [0.3, 0.4) is 0 Å². The molecule has 0 bridgehead atoms. The average Bonchev–Trinajstić information content (AvgIpc) is 2.62. The molecule has 1 aromatic carbocycles. The van der Waals surface area contributed by atoms with E-state index in [0.717, 1.165) is 11.1 Å². The average molecular weight is 329 g/mol. The normalized spacial score (nSPS) is 11.6. The molecule has 0 aliphatic heterocycles. The Labute approximate surface area is 142 Å². The molecule has 0 fully saturated rings. The smallest absolute Gasteiger partial charge is 0.237 e. The summed E-state index contributed by atoms with van der Waals surface area (Å²) in [4.78, 5) is 16.0. The predicted octanol–water partition coefficient (Wildman–Crippen LogP) is 1.33. The third kappa shape index (κ3) is 4.96. The number of pyridine rings is 1. The van der Waals surface area contributed by atoms with E-state index in [-0.39, 0.29) is 5.91 Å². The van der Waals surface area contributed by atoms with Gasteiger partial charge in [-0.2, -0.15) is 0 Å². The quantitative estimate of drug-likeness (QED) is 0.763. The topological polar surface area (TPSA) is 86.5 Å². The van der Waals surface area contributed by atoms with Gasteiger partial charge in [0.25, 0.3) is 0 Å². The van der Waals surface area contributed by atoms with E-state index in [1.54, 1.807) is 26.6 Å². The van der Waals surface area contributed by atoms with Crippen molar-refractivity contribution >= 4 is 5.91 Å². The second-order valence-corrected chi connectivity index (χ2v) is 5.40. The van der Waals surface area contributed by atoms with Gasteiger partial charge in [0.05, 0.1) is 20.3 Å². The molecule has 6 nitrogen and oxygen atoms in total. The molecule has 0 saturated heterocycles. The molecule has 0 aliphatic carbocycles. The number of nitrogens with two attached hydrogens (primary N) is 1. The molecule has 0 unspecified atom stereocenters. The van der Waals surface area contributed by atoms with Crippen LogP contribution >= 0.6 is 0 Å². The molecular weight excluding hydrogens is 306 g/mol. The van der Waals surface area contributed by atoms with Crippen molar-refractivity contribution in [1.82, 2.24) is 10.3 Å². The summed E-state index contributed by atoms with van der Waals surface area (Å²) in [6.07, 6.45) is 4.56. The number of hydrogen-bond acceptors (Lipinski definition) is 5. The van der Waals surface area contributed by atoms with Crippen LogP contribution in [0.4, 0.5) is 0 Å². The Morgan fingerprint density at radius 1 is 1.12 bits per heavy atom. The molecule has 1 amide bonds. The van der Waals surface area contributed by atoms with Crippen LogP contribution in [-0.2, 0) is 17.6 Å². The summed E-state index contributed by atoms with van der Waals surface area (Å²) in [5.74, 6) is 1.20. The molecule has 0 spiro atoms. The van der Waals surface area contributed by atoms with E-state index >= 15 is 0 Å². The van der Waals surface area contributed by atoms with Gasteiger partial charge < -0.3 is 20.5 Å². The fraction of sp³-hybridized carbons (Fsp3) is 0.333. The van der Waals surface area contributed by atoms with E-state index in [1.165, 1.54) is 0 Å². The van der Waals surface area contributed by atoms with Crippen LogP contribution in [0.25, 0.3) is 0 Å². The van der Waals surface area contributed by atoms with Crippen LogP contribution in [-0.4, -0.2) is 37.7 Å². The number of hydrogen-bond donors (Lipinski definition) is 2. The Morgan fingerprint density at radius 3 is 2.50 bits per heavy atom. The molecule has 2 rings (SSSR count). The first kappa shape index (κ1) is 17.7. The number of methoxy groups -OCH3 is 2. The van der Waals surface area contributed by atoms with Crippen molar-refractivity contribution in [3.05, 3.63) is 53.9 Å². The lowest BCUT2D eigenvalue weighted by atomic mass is 10.1. The Kier molecular flexibility index (Phi) is 6.57. The molecule has 0 saturated carbocycles. The van der Waals surface area contributed by atoms with Crippen LogP contribution in [0.1, 0.15) is 11.1 Å². The summed E-state index contributed by atoms with van der Waals surface area (Å²) in [5, 5.41) is 2.87. The number of nitrogens with one attached hydrogen (secondary N) is 1. The van der Waals surface area contributed by atoms with E-state index in [0.29, 0.717) is 30.9 Å². The molecule has 0 aliphatic rings. The monoisotopic (exact) mass is 329 g/mol. The fourth-order valence-corrected chi connectivity index (χ4v) is 2.36. The summed E-state index contributed by atoms with van der Waals surface area (Å²) < 4.78 is 10.5. The highest BCUT2D eigenvalue weighted by molar-refractivity contribution is 5.81. The minimum absolute atomic E-state index is 0.160. The number of aromatic nitrogens is 1. The minimum atomic E-state index is -0.571. The van der Waals surface area contributed by atoms with Crippen molar-refractivity contribution in [2.75, 3.05) is 20.8 Å². The van der Waals surface area contributed by atoms with Gasteiger partial charge in [0.15, 0.2) is 11.5 Å². The van der Waals surface area contributed by atoms with E-state index in [4.69, 9.17) is 15.2 Å². The third-order valence-electron chi connectivity index (χ3n) is 3.70. The van der Waals surface area contributed by atoms with E-state index in [1.807, 2.05) is 30.3 Å². The van der Waals surface area contributed by atoms with Gasteiger partial charge in [-0.05, 0) is 48.2 Å². The lowest BCUT2D eigenvalue weighted by Gasteiger charge is -2.13. The van der Waals surface area contributed by atoms with Gasteiger partial charge in [0.2, 0.25) is 5.91 Å². The van der Waals surface area contributed by atoms with Crippen LogP contribution in [0, 0.1) is 0 Å². The first-order valence-electron chi connectivity index (χ1n) is 7.77. The van der Waals surface area contributed by atoms with Crippen molar-refractivity contribution < 1.29 is 14.3 Å². The second kappa shape index (κ2) is 8.88. The first-order valence-corrected chi connectivity index (χ1v) is 7.77. The van der Waals surface area contributed by atoms with Gasteiger partial charge in [-0.25, -0.2) is 0 Å². The molecule has 1 heterocycles. The predicted molar refractivity (Wildman–Crippen MR) is 92.2 cm³/mol. The van der Waals surface area contributed by atoms with Crippen molar-refractivity contribution in [2.45, 2.75) is 18.9 Å². The summed E-state index contributed by atoms with van der Waals surface area (Å²) in [6.45, 7) is 0.512. The molecule has 1 atom stereocenters. The molecule has 24 heavy (non-hydrogen) atoms. The van der Waals surface area contributed by atoms with Gasteiger partial charge in [-0.1, -0.05) is 6.07 Å². The summed E-state index contributed by atoms with van der Waals surface area (Å²) in [5.41, 5.74) is 7.99. The zero-order valence-corrected chi connectivity index (χ0v) is 14.0. The lowest BCUT2D eigenvalue weighted by molar-refractivity contribution is -0.122. The number of benzene rings is 1. The maximum Gasteiger partial charge on any atom is 0.237 e. The van der Waals surface area contributed by atoms with Gasteiger partial charge in [-0.3, -0.25) is 9.78 Å². The number of rotatable bonds is 8. The lowest BCUT2D eigenvalue weighted by Crippen LogP contribution is -2.42. The molecule has 128 valence electrons. The number of carbonyl (C=O) groups excluding carboxylic acids is 1. The van der Waals surface area contributed by atoms with Crippen molar-refractivity contribution in [3.8, 4) is 11.5 Å². The SMILES string of the molecule is COc1ccc(CCNC(=O)[C@@H](N)Cc2ccncc2)cc1OC. The molecule has 2 aromatic rings. The maximum atomic E-state index is 12.1. The van der Waals surface area contributed by atoms with Crippen LogP contribution in [0.15, 0.2) is 42.7 Å². The molecule has 0 radical (unpaired) electrons. The van der Waals surface area contributed by atoms with Crippen molar-refractivity contribution in [1.29, 1.82) is 0 Å². The number of amides is 1. The van der Waals surface area contributed by atoms with E-state index < -0.39 is 6.04 Å².